The first-order valence-corrected chi connectivity index (χ1v) is 9.20. The molecule has 0 atom stereocenters. The van der Waals surface area contributed by atoms with Gasteiger partial charge < -0.3 is 10.2 Å². The van der Waals surface area contributed by atoms with Crippen LogP contribution in [0.5, 0.6) is 0 Å². The lowest BCUT2D eigenvalue weighted by Gasteiger charge is -2.40. The van der Waals surface area contributed by atoms with Crippen molar-refractivity contribution in [1.82, 2.24) is 5.32 Å². The Balaban J connectivity index is 1.62. The summed E-state index contributed by atoms with van der Waals surface area (Å²) in [5.74, 6) is 0. The van der Waals surface area contributed by atoms with Gasteiger partial charge in [-0.25, -0.2) is 0 Å². The van der Waals surface area contributed by atoms with Crippen LogP contribution in [0.15, 0.2) is 29.6 Å². The van der Waals surface area contributed by atoms with E-state index in [2.05, 4.69) is 39.9 Å². The monoisotopic (exact) mass is 300 g/mol. The molecule has 1 saturated heterocycles. The highest BCUT2D eigenvalue weighted by Crippen LogP contribution is 2.33. The summed E-state index contributed by atoms with van der Waals surface area (Å²) < 4.78 is 1.40. The zero-order valence-corrected chi connectivity index (χ0v) is 13.4. The third kappa shape index (κ3) is 2.69. The minimum absolute atomic E-state index is 0.373. The number of fused-ring (bicyclic) bond motifs is 1. The molecule has 1 N–H and O–H groups in total. The molecule has 0 radical (unpaired) electrons. The van der Waals surface area contributed by atoms with Crippen LogP contribution in [-0.4, -0.2) is 25.2 Å². The second-order valence-corrected chi connectivity index (χ2v) is 7.63. The molecule has 1 aliphatic carbocycles. The molecule has 3 heteroatoms. The van der Waals surface area contributed by atoms with Crippen LogP contribution in [0.2, 0.25) is 0 Å². The number of rotatable bonds is 1. The van der Waals surface area contributed by atoms with Crippen molar-refractivity contribution in [2.75, 3.05) is 24.5 Å². The summed E-state index contributed by atoms with van der Waals surface area (Å²) in [7, 11) is 0. The molecule has 2 aliphatic rings. The topological polar surface area (TPSA) is 15.3 Å². The molecular weight excluding hydrogens is 276 g/mol. The summed E-state index contributed by atoms with van der Waals surface area (Å²) in [6.45, 7) is 3.55. The Morgan fingerprint density at radius 3 is 2.86 bits per heavy atom. The molecule has 112 valence electrons. The van der Waals surface area contributed by atoms with Gasteiger partial charge >= 0.3 is 0 Å². The van der Waals surface area contributed by atoms with E-state index in [0.29, 0.717) is 5.54 Å². The maximum Gasteiger partial charge on any atom is 0.0373 e. The van der Waals surface area contributed by atoms with Crippen molar-refractivity contribution in [1.29, 1.82) is 0 Å². The lowest BCUT2D eigenvalue weighted by molar-refractivity contribution is 0.246. The van der Waals surface area contributed by atoms with Crippen LogP contribution >= 0.6 is 11.3 Å². The van der Waals surface area contributed by atoms with Crippen molar-refractivity contribution in [2.45, 2.75) is 44.1 Å². The number of benzene rings is 1. The first kappa shape index (κ1) is 13.6. The van der Waals surface area contributed by atoms with Crippen molar-refractivity contribution in [3.8, 4) is 0 Å². The van der Waals surface area contributed by atoms with E-state index in [0.717, 1.165) is 0 Å². The molecule has 2 fully saturated rings. The number of nitrogens with zero attached hydrogens (tertiary/aromatic N) is 1. The maximum atomic E-state index is 3.89. The second kappa shape index (κ2) is 5.62. The largest absolute Gasteiger partial charge is 0.370 e. The van der Waals surface area contributed by atoms with E-state index in [-0.39, 0.29) is 0 Å². The summed E-state index contributed by atoms with van der Waals surface area (Å²) >= 11 is 1.84. The minimum Gasteiger partial charge on any atom is -0.370 e. The molecule has 2 heterocycles. The first-order chi connectivity index (χ1) is 10.3. The predicted octanol–water partition coefficient (Wildman–Crippen LogP) is 4.40. The fourth-order valence-electron chi connectivity index (χ4n) is 4.06. The third-order valence-corrected chi connectivity index (χ3v) is 6.11. The van der Waals surface area contributed by atoms with Crippen molar-refractivity contribution in [3.63, 3.8) is 0 Å². The van der Waals surface area contributed by atoms with Crippen molar-refractivity contribution in [2.24, 2.45) is 0 Å². The van der Waals surface area contributed by atoms with E-state index < -0.39 is 0 Å². The van der Waals surface area contributed by atoms with Gasteiger partial charge in [-0.2, -0.15) is 0 Å². The smallest absolute Gasteiger partial charge is 0.0373 e. The Bertz CT molecular complexity index is 612. The van der Waals surface area contributed by atoms with Gasteiger partial charge in [-0.05, 0) is 60.8 Å². The Kier molecular flexibility index (Phi) is 3.64. The summed E-state index contributed by atoms with van der Waals surface area (Å²) in [6, 6.07) is 9.24. The molecule has 4 rings (SSSR count). The van der Waals surface area contributed by atoms with Crippen LogP contribution in [0, 0.1) is 0 Å². The van der Waals surface area contributed by atoms with Gasteiger partial charge in [-0.3, -0.25) is 0 Å². The molecule has 0 amide bonds. The van der Waals surface area contributed by atoms with Crippen LogP contribution in [0.4, 0.5) is 5.69 Å². The highest BCUT2D eigenvalue weighted by atomic mass is 32.1. The third-order valence-electron chi connectivity index (χ3n) is 5.21. The Hall–Kier alpha value is -1.06. The van der Waals surface area contributed by atoms with Crippen LogP contribution in [0.25, 0.3) is 10.1 Å². The Morgan fingerprint density at radius 1 is 1.05 bits per heavy atom. The number of hydrogen-bond donors (Lipinski definition) is 1. The molecule has 0 bridgehead atoms. The van der Waals surface area contributed by atoms with Gasteiger partial charge in [0.05, 0.1) is 0 Å². The van der Waals surface area contributed by atoms with Gasteiger partial charge in [0.15, 0.2) is 0 Å². The number of nitrogens with one attached hydrogen (secondary N) is 1. The van der Waals surface area contributed by atoms with Crippen LogP contribution in [0.1, 0.15) is 38.5 Å². The number of thiophene rings is 1. The number of hydrogen-bond acceptors (Lipinski definition) is 3. The molecular formula is C18H24N2S. The van der Waals surface area contributed by atoms with Crippen LogP contribution in [0.3, 0.4) is 0 Å². The lowest BCUT2D eigenvalue weighted by atomic mass is 9.81. The van der Waals surface area contributed by atoms with Crippen molar-refractivity contribution < 1.29 is 0 Å². The quantitative estimate of drug-likeness (QED) is 0.839. The molecule has 0 unspecified atom stereocenters. The van der Waals surface area contributed by atoms with Crippen molar-refractivity contribution in [3.05, 3.63) is 29.6 Å². The van der Waals surface area contributed by atoms with Gasteiger partial charge in [0.2, 0.25) is 0 Å². The standard InChI is InChI=1S/C18H24N2S/c1-2-8-18(9-3-1)14-20(11-4-10-19-18)16-5-6-17-15(13-16)7-12-21-17/h5-7,12-13,19H,1-4,8-11,14H2. The lowest BCUT2D eigenvalue weighted by Crippen LogP contribution is -2.52. The molecule has 21 heavy (non-hydrogen) atoms. The van der Waals surface area contributed by atoms with E-state index in [1.807, 2.05) is 11.3 Å². The molecule has 1 aliphatic heterocycles. The zero-order chi connectivity index (χ0) is 14.1. The van der Waals surface area contributed by atoms with Gasteiger partial charge in [-0.1, -0.05) is 19.3 Å². The zero-order valence-electron chi connectivity index (χ0n) is 12.6. The van der Waals surface area contributed by atoms with E-state index >= 15 is 0 Å². The fraction of sp³-hybridized carbons (Fsp3) is 0.556. The van der Waals surface area contributed by atoms with Crippen LogP contribution in [-0.2, 0) is 0 Å². The summed E-state index contributed by atoms with van der Waals surface area (Å²) in [4.78, 5) is 2.63. The molecule has 2 aromatic rings. The average Bonchev–Trinajstić information content (AvgIpc) is 2.90. The van der Waals surface area contributed by atoms with Gasteiger partial charge in [0.1, 0.15) is 0 Å². The SMILES string of the molecule is c1cc2cc(N3CCCNC4(CCCCC4)C3)ccc2s1. The Morgan fingerprint density at radius 2 is 1.95 bits per heavy atom. The number of anilines is 1. The van der Waals surface area contributed by atoms with Gasteiger partial charge in [0.25, 0.3) is 0 Å². The molecule has 1 aromatic heterocycles. The van der Waals surface area contributed by atoms with Gasteiger partial charge in [-0.15, -0.1) is 11.3 Å². The van der Waals surface area contributed by atoms with E-state index in [1.54, 1.807) is 0 Å². The highest BCUT2D eigenvalue weighted by molar-refractivity contribution is 7.17. The highest BCUT2D eigenvalue weighted by Gasteiger charge is 2.34. The van der Waals surface area contributed by atoms with Crippen molar-refractivity contribution >= 4 is 27.1 Å². The first-order valence-electron chi connectivity index (χ1n) is 8.32. The Labute approximate surface area is 131 Å². The maximum absolute atomic E-state index is 3.89. The molecule has 1 saturated carbocycles. The summed E-state index contributed by atoms with van der Waals surface area (Å²) in [5.41, 5.74) is 1.78. The second-order valence-electron chi connectivity index (χ2n) is 6.69. The average molecular weight is 300 g/mol. The minimum atomic E-state index is 0.373. The van der Waals surface area contributed by atoms with E-state index in [4.69, 9.17) is 0 Å². The van der Waals surface area contributed by atoms with E-state index in [1.165, 1.54) is 73.9 Å². The summed E-state index contributed by atoms with van der Waals surface area (Å²) in [6.07, 6.45) is 8.16. The van der Waals surface area contributed by atoms with Crippen LogP contribution < -0.4 is 10.2 Å². The summed E-state index contributed by atoms with van der Waals surface area (Å²) in [5, 5.41) is 7.48. The fourth-order valence-corrected chi connectivity index (χ4v) is 4.83. The molecule has 1 aromatic carbocycles. The van der Waals surface area contributed by atoms with E-state index in [9.17, 15) is 0 Å². The molecule has 2 nitrogen and oxygen atoms in total. The predicted molar refractivity (Wildman–Crippen MR) is 92.5 cm³/mol. The normalized spacial score (nSPS) is 22.6. The van der Waals surface area contributed by atoms with Gasteiger partial charge in [0, 0.05) is 29.0 Å². The molecule has 1 spiro atoms.